The highest BCUT2D eigenvalue weighted by molar-refractivity contribution is 5.99. The highest BCUT2D eigenvalue weighted by atomic mass is 16.3. The number of hydrogen-bond donors (Lipinski definition) is 0. The number of amides is 1. The first kappa shape index (κ1) is 15.6. The number of benzene rings is 1. The molecule has 27 heavy (non-hydrogen) atoms. The Labute approximate surface area is 153 Å². The highest BCUT2D eigenvalue weighted by Gasteiger charge is 2.42. The van der Waals surface area contributed by atoms with Crippen LogP contribution in [0.3, 0.4) is 0 Å². The summed E-state index contributed by atoms with van der Waals surface area (Å²) in [4.78, 5) is 32.0. The minimum Gasteiger partial charge on any atom is -0.467 e. The van der Waals surface area contributed by atoms with E-state index in [1.54, 1.807) is 72.1 Å². The van der Waals surface area contributed by atoms with Gasteiger partial charge in [0.15, 0.2) is 5.43 Å². The van der Waals surface area contributed by atoms with Crippen molar-refractivity contribution in [1.82, 2.24) is 9.88 Å². The smallest absolute Gasteiger partial charge is 0.291 e. The van der Waals surface area contributed by atoms with Crippen molar-refractivity contribution in [2.24, 2.45) is 0 Å². The van der Waals surface area contributed by atoms with Crippen molar-refractivity contribution >= 4 is 16.9 Å². The van der Waals surface area contributed by atoms with Crippen molar-refractivity contribution in [3.05, 3.63) is 100 Å². The van der Waals surface area contributed by atoms with E-state index in [4.69, 9.17) is 8.83 Å². The molecule has 1 aliphatic rings. The number of carbonyl (C=O) groups is 1. The van der Waals surface area contributed by atoms with Crippen LogP contribution in [0.2, 0.25) is 0 Å². The van der Waals surface area contributed by atoms with E-state index in [1.165, 1.54) is 0 Å². The molecule has 6 nitrogen and oxygen atoms in total. The van der Waals surface area contributed by atoms with E-state index in [9.17, 15) is 9.59 Å². The molecule has 0 fully saturated rings. The van der Waals surface area contributed by atoms with Gasteiger partial charge in [-0.15, -0.1) is 0 Å². The molecule has 6 heteroatoms. The topological polar surface area (TPSA) is 76.6 Å². The lowest BCUT2D eigenvalue weighted by Crippen LogP contribution is -2.29. The molecule has 0 aliphatic carbocycles. The number of aromatic nitrogens is 1. The standard InChI is InChI=1S/C21H14N2O4/c24-19-15-5-1-2-6-16(15)27-20-17(19)18(13-7-9-22-10-8-13)23(21(20)25)12-14-4-3-11-26-14/h1-11,18H,12H2/t18-/m1/s1. The number of rotatable bonds is 3. The Morgan fingerprint density at radius 3 is 2.59 bits per heavy atom. The van der Waals surface area contributed by atoms with E-state index in [-0.39, 0.29) is 23.6 Å². The molecule has 0 N–H and O–H groups in total. The fraction of sp³-hybridized carbons (Fsp3) is 0.0952. The van der Waals surface area contributed by atoms with Crippen LogP contribution in [0, 0.1) is 0 Å². The molecule has 1 aromatic carbocycles. The molecule has 0 saturated heterocycles. The summed E-state index contributed by atoms with van der Waals surface area (Å²) >= 11 is 0. The molecule has 5 rings (SSSR count). The zero-order valence-corrected chi connectivity index (χ0v) is 14.2. The van der Waals surface area contributed by atoms with Crippen LogP contribution in [-0.4, -0.2) is 15.8 Å². The van der Waals surface area contributed by atoms with Gasteiger partial charge in [-0.2, -0.15) is 0 Å². The van der Waals surface area contributed by atoms with Crippen molar-refractivity contribution in [2.75, 3.05) is 0 Å². The third kappa shape index (κ3) is 2.38. The van der Waals surface area contributed by atoms with Gasteiger partial charge in [-0.1, -0.05) is 12.1 Å². The van der Waals surface area contributed by atoms with Crippen LogP contribution in [-0.2, 0) is 6.54 Å². The molecule has 0 bridgehead atoms. The maximum atomic E-state index is 13.2. The quantitative estimate of drug-likeness (QED) is 0.560. The van der Waals surface area contributed by atoms with Crippen molar-refractivity contribution in [1.29, 1.82) is 0 Å². The fourth-order valence-electron chi connectivity index (χ4n) is 3.59. The van der Waals surface area contributed by atoms with E-state index < -0.39 is 6.04 Å². The third-order valence-electron chi connectivity index (χ3n) is 4.80. The van der Waals surface area contributed by atoms with Crippen LogP contribution in [0.4, 0.5) is 0 Å². The first-order valence-corrected chi connectivity index (χ1v) is 8.53. The summed E-state index contributed by atoms with van der Waals surface area (Å²) in [6, 6.07) is 13.6. The lowest BCUT2D eigenvalue weighted by Gasteiger charge is -2.24. The Kier molecular flexibility index (Phi) is 3.43. The molecule has 0 spiro atoms. The lowest BCUT2D eigenvalue weighted by atomic mass is 9.99. The summed E-state index contributed by atoms with van der Waals surface area (Å²) in [5.74, 6) is 0.394. The first-order valence-electron chi connectivity index (χ1n) is 8.53. The Balaban J connectivity index is 1.75. The van der Waals surface area contributed by atoms with Gasteiger partial charge in [0.2, 0.25) is 5.76 Å². The summed E-state index contributed by atoms with van der Waals surface area (Å²) < 4.78 is 11.3. The van der Waals surface area contributed by atoms with E-state index in [1.807, 2.05) is 0 Å². The maximum absolute atomic E-state index is 13.2. The molecule has 0 radical (unpaired) electrons. The number of nitrogens with zero attached hydrogens (tertiary/aromatic N) is 2. The van der Waals surface area contributed by atoms with Gasteiger partial charge in [-0.3, -0.25) is 14.6 Å². The van der Waals surface area contributed by atoms with Crippen molar-refractivity contribution < 1.29 is 13.6 Å². The minimum absolute atomic E-state index is 0.0899. The SMILES string of the molecule is O=C1c2oc3ccccc3c(=O)c2[C@@H](c2ccncc2)N1Cc1ccco1. The second kappa shape index (κ2) is 5.95. The van der Waals surface area contributed by atoms with Gasteiger partial charge in [0.05, 0.1) is 29.8 Å². The molecule has 1 atom stereocenters. The number of para-hydroxylation sites is 1. The van der Waals surface area contributed by atoms with Crippen molar-refractivity contribution in [2.45, 2.75) is 12.6 Å². The molecule has 0 unspecified atom stereocenters. The maximum Gasteiger partial charge on any atom is 0.291 e. The molecule has 0 saturated carbocycles. The Morgan fingerprint density at radius 2 is 1.81 bits per heavy atom. The predicted molar refractivity (Wildman–Crippen MR) is 97.1 cm³/mol. The van der Waals surface area contributed by atoms with E-state index in [2.05, 4.69) is 4.98 Å². The van der Waals surface area contributed by atoms with E-state index >= 15 is 0 Å². The summed E-state index contributed by atoms with van der Waals surface area (Å²) in [7, 11) is 0. The second-order valence-corrected chi connectivity index (χ2v) is 6.37. The summed E-state index contributed by atoms with van der Waals surface area (Å²) in [5.41, 5.74) is 1.37. The zero-order chi connectivity index (χ0) is 18.4. The molecule has 1 amide bonds. The molecule has 1 aliphatic heterocycles. The van der Waals surface area contributed by atoms with Gasteiger partial charge in [-0.25, -0.2) is 0 Å². The highest BCUT2D eigenvalue weighted by Crippen LogP contribution is 2.38. The molecular weight excluding hydrogens is 344 g/mol. The Bertz CT molecular complexity index is 1200. The second-order valence-electron chi connectivity index (χ2n) is 6.37. The molecule has 3 aromatic heterocycles. The number of fused-ring (bicyclic) bond motifs is 2. The number of hydrogen-bond acceptors (Lipinski definition) is 5. The number of pyridine rings is 1. The summed E-state index contributed by atoms with van der Waals surface area (Å²) in [6.45, 7) is 0.235. The average Bonchev–Trinajstić information content (AvgIpc) is 3.31. The number of furan rings is 1. The minimum atomic E-state index is -0.554. The molecule has 4 heterocycles. The van der Waals surface area contributed by atoms with Gasteiger partial charge < -0.3 is 13.7 Å². The zero-order valence-electron chi connectivity index (χ0n) is 14.2. The van der Waals surface area contributed by atoms with Crippen molar-refractivity contribution in [3.8, 4) is 0 Å². The number of carbonyl (C=O) groups excluding carboxylic acids is 1. The van der Waals surface area contributed by atoms with Gasteiger partial charge >= 0.3 is 0 Å². The Hall–Kier alpha value is -3.67. The van der Waals surface area contributed by atoms with Crippen LogP contribution in [0.15, 0.2) is 80.8 Å². The molecule has 4 aromatic rings. The largest absolute Gasteiger partial charge is 0.467 e. The first-order chi connectivity index (χ1) is 13.2. The summed E-state index contributed by atoms with van der Waals surface area (Å²) in [5, 5.41) is 0.461. The summed E-state index contributed by atoms with van der Waals surface area (Å²) in [6.07, 6.45) is 4.85. The van der Waals surface area contributed by atoms with Gasteiger partial charge in [-0.05, 0) is 42.0 Å². The van der Waals surface area contributed by atoms with Crippen molar-refractivity contribution in [3.63, 3.8) is 0 Å². The molecule has 132 valence electrons. The van der Waals surface area contributed by atoms with Crippen LogP contribution >= 0.6 is 0 Å². The predicted octanol–water partition coefficient (Wildman–Crippen LogP) is 3.53. The lowest BCUT2D eigenvalue weighted by molar-refractivity contribution is 0.0701. The van der Waals surface area contributed by atoms with Crippen LogP contribution in [0.25, 0.3) is 11.0 Å². The monoisotopic (exact) mass is 358 g/mol. The third-order valence-corrected chi connectivity index (χ3v) is 4.80. The van der Waals surface area contributed by atoms with Gasteiger partial charge in [0.1, 0.15) is 11.3 Å². The van der Waals surface area contributed by atoms with Crippen LogP contribution in [0.5, 0.6) is 0 Å². The van der Waals surface area contributed by atoms with Gasteiger partial charge in [0.25, 0.3) is 5.91 Å². The van der Waals surface area contributed by atoms with E-state index in [0.717, 1.165) is 5.56 Å². The average molecular weight is 358 g/mol. The van der Waals surface area contributed by atoms with Crippen LogP contribution in [0.1, 0.15) is 33.5 Å². The fourth-order valence-corrected chi connectivity index (χ4v) is 3.59. The molecular formula is C21H14N2O4. The van der Waals surface area contributed by atoms with Crippen LogP contribution < -0.4 is 5.43 Å². The van der Waals surface area contributed by atoms with E-state index in [0.29, 0.717) is 22.3 Å². The Morgan fingerprint density at radius 1 is 1.00 bits per heavy atom. The van der Waals surface area contributed by atoms with Gasteiger partial charge in [0, 0.05) is 12.4 Å². The normalized spacial score (nSPS) is 16.1.